The van der Waals surface area contributed by atoms with Gasteiger partial charge in [-0.25, -0.2) is 0 Å². The second-order valence-electron chi connectivity index (χ2n) is 5.75. The zero-order valence-corrected chi connectivity index (χ0v) is 14.1. The van der Waals surface area contributed by atoms with Crippen LogP contribution in [0.15, 0.2) is 84.2 Å². The van der Waals surface area contributed by atoms with Crippen LogP contribution in [0.25, 0.3) is 10.1 Å². The predicted octanol–water partition coefficient (Wildman–Crippen LogP) is 5.36. The van der Waals surface area contributed by atoms with E-state index in [0.717, 1.165) is 10.1 Å². The fraction of sp³-hybridized carbons (Fsp3) is 0. The van der Waals surface area contributed by atoms with Gasteiger partial charge >= 0.3 is 0 Å². The predicted molar refractivity (Wildman–Crippen MR) is 102 cm³/mol. The molecule has 0 amide bonds. The average Bonchev–Trinajstić information content (AvgIpc) is 3.11. The van der Waals surface area contributed by atoms with E-state index in [9.17, 15) is 9.59 Å². The highest BCUT2D eigenvalue weighted by atomic mass is 32.1. The number of rotatable bonds is 4. The van der Waals surface area contributed by atoms with Crippen LogP contribution >= 0.6 is 11.3 Å². The van der Waals surface area contributed by atoms with Crippen molar-refractivity contribution >= 4 is 33.0 Å². The van der Waals surface area contributed by atoms with Crippen LogP contribution in [0.4, 0.5) is 0 Å². The minimum Gasteiger partial charge on any atom is -0.289 e. The molecule has 0 atom stereocenters. The van der Waals surface area contributed by atoms with Crippen LogP contribution in [0.2, 0.25) is 0 Å². The number of ketones is 2. The summed E-state index contributed by atoms with van der Waals surface area (Å²) in [6, 6.07) is 24.0. The first-order valence-corrected chi connectivity index (χ1v) is 8.83. The minimum atomic E-state index is -0.00756. The van der Waals surface area contributed by atoms with Crippen molar-refractivity contribution in [2.24, 2.45) is 0 Å². The molecule has 120 valence electrons. The smallest absolute Gasteiger partial charge is 0.194 e. The lowest BCUT2D eigenvalue weighted by molar-refractivity contribution is 0.103. The third-order valence-corrected chi connectivity index (χ3v) is 5.10. The summed E-state index contributed by atoms with van der Waals surface area (Å²) in [5.41, 5.74) is 2.66. The van der Waals surface area contributed by atoms with Crippen molar-refractivity contribution in [3.63, 3.8) is 0 Å². The van der Waals surface area contributed by atoms with Gasteiger partial charge in [-0.15, -0.1) is 11.3 Å². The molecule has 4 aromatic rings. The molecule has 0 saturated carbocycles. The Labute approximate surface area is 149 Å². The van der Waals surface area contributed by atoms with Gasteiger partial charge in [-0.1, -0.05) is 72.8 Å². The van der Waals surface area contributed by atoms with Crippen molar-refractivity contribution in [2.75, 3.05) is 0 Å². The van der Waals surface area contributed by atoms with Gasteiger partial charge in [-0.05, 0) is 6.07 Å². The molecule has 0 spiro atoms. The van der Waals surface area contributed by atoms with Gasteiger partial charge in [0.1, 0.15) is 0 Å². The molecule has 0 fully saturated rings. The summed E-state index contributed by atoms with van der Waals surface area (Å²) in [5.74, 6) is 0.000761. The standard InChI is InChI=1S/C22H14O2S/c23-21(15-7-3-1-4-8-15)17-11-12-18-19(14-25-20(18)13-17)22(24)16-9-5-2-6-10-16/h1-14H. The normalized spacial score (nSPS) is 10.7. The van der Waals surface area contributed by atoms with Crippen LogP contribution in [-0.4, -0.2) is 11.6 Å². The summed E-state index contributed by atoms with van der Waals surface area (Å²) in [7, 11) is 0. The first kappa shape index (κ1) is 15.5. The van der Waals surface area contributed by atoms with E-state index >= 15 is 0 Å². The van der Waals surface area contributed by atoms with Crippen molar-refractivity contribution in [3.05, 3.63) is 106 Å². The molecule has 1 heterocycles. The third-order valence-electron chi connectivity index (χ3n) is 4.15. The van der Waals surface area contributed by atoms with Gasteiger partial charge in [0.25, 0.3) is 0 Å². The second kappa shape index (κ2) is 6.46. The lowest BCUT2D eigenvalue weighted by atomic mass is 9.99. The molecule has 25 heavy (non-hydrogen) atoms. The van der Waals surface area contributed by atoms with Crippen LogP contribution < -0.4 is 0 Å². The molecule has 2 nitrogen and oxygen atoms in total. The van der Waals surface area contributed by atoms with Crippen molar-refractivity contribution in [3.8, 4) is 0 Å². The maximum Gasteiger partial charge on any atom is 0.194 e. The van der Waals surface area contributed by atoms with E-state index in [1.807, 2.05) is 78.2 Å². The van der Waals surface area contributed by atoms with Gasteiger partial charge in [-0.3, -0.25) is 9.59 Å². The number of thiophene rings is 1. The number of hydrogen-bond acceptors (Lipinski definition) is 3. The molecule has 0 aliphatic rings. The lowest BCUT2D eigenvalue weighted by Crippen LogP contribution is -2.01. The maximum absolute atomic E-state index is 12.7. The van der Waals surface area contributed by atoms with E-state index in [1.54, 1.807) is 6.07 Å². The highest BCUT2D eigenvalue weighted by molar-refractivity contribution is 7.17. The number of carbonyl (C=O) groups excluding carboxylic acids is 2. The van der Waals surface area contributed by atoms with Crippen molar-refractivity contribution in [2.45, 2.75) is 0 Å². The fourth-order valence-electron chi connectivity index (χ4n) is 2.85. The van der Waals surface area contributed by atoms with Gasteiger partial charge in [0, 0.05) is 37.7 Å². The van der Waals surface area contributed by atoms with Gasteiger partial charge in [-0.2, -0.15) is 0 Å². The molecule has 0 aliphatic heterocycles. The third kappa shape index (κ3) is 2.90. The second-order valence-corrected chi connectivity index (χ2v) is 6.66. The summed E-state index contributed by atoms with van der Waals surface area (Å²) in [6.45, 7) is 0. The summed E-state index contributed by atoms with van der Waals surface area (Å²) < 4.78 is 0.945. The van der Waals surface area contributed by atoms with Gasteiger partial charge < -0.3 is 0 Å². The average molecular weight is 342 g/mol. The molecule has 0 bridgehead atoms. The molecule has 3 heteroatoms. The van der Waals surface area contributed by atoms with E-state index in [1.165, 1.54) is 11.3 Å². The van der Waals surface area contributed by atoms with Crippen molar-refractivity contribution < 1.29 is 9.59 Å². The molecule has 1 aromatic heterocycles. The van der Waals surface area contributed by atoms with Crippen LogP contribution in [0.1, 0.15) is 31.8 Å². The van der Waals surface area contributed by atoms with Crippen LogP contribution in [0, 0.1) is 0 Å². The Kier molecular flexibility index (Phi) is 4.00. The number of fused-ring (bicyclic) bond motifs is 1. The number of carbonyl (C=O) groups is 2. The molecule has 0 saturated heterocycles. The SMILES string of the molecule is O=C(c1ccccc1)c1ccc2c(C(=O)c3ccccc3)csc2c1. The Morgan fingerprint density at radius 1 is 0.640 bits per heavy atom. The zero-order valence-electron chi connectivity index (χ0n) is 13.3. The van der Waals surface area contributed by atoms with E-state index in [0.29, 0.717) is 22.3 Å². The highest BCUT2D eigenvalue weighted by Crippen LogP contribution is 2.29. The number of benzene rings is 3. The largest absolute Gasteiger partial charge is 0.289 e. The maximum atomic E-state index is 12.7. The van der Waals surface area contributed by atoms with Crippen molar-refractivity contribution in [1.82, 2.24) is 0 Å². The lowest BCUT2D eigenvalue weighted by Gasteiger charge is -2.03. The van der Waals surface area contributed by atoms with E-state index in [4.69, 9.17) is 0 Å². The molecule has 0 unspecified atom stereocenters. The van der Waals surface area contributed by atoms with E-state index < -0.39 is 0 Å². The zero-order chi connectivity index (χ0) is 17.2. The Morgan fingerprint density at radius 3 is 1.88 bits per heavy atom. The quantitative estimate of drug-likeness (QED) is 0.468. The monoisotopic (exact) mass is 342 g/mol. The van der Waals surface area contributed by atoms with Gasteiger partial charge in [0.15, 0.2) is 11.6 Å². The Balaban J connectivity index is 1.72. The Bertz CT molecular complexity index is 1060. The molecule has 0 radical (unpaired) electrons. The van der Waals surface area contributed by atoms with Crippen LogP contribution in [-0.2, 0) is 0 Å². The molecular formula is C22H14O2S. The highest BCUT2D eigenvalue weighted by Gasteiger charge is 2.16. The molecule has 3 aromatic carbocycles. The van der Waals surface area contributed by atoms with Gasteiger partial charge in [0.2, 0.25) is 0 Å². The fourth-order valence-corrected chi connectivity index (χ4v) is 3.83. The number of hydrogen-bond donors (Lipinski definition) is 0. The summed E-state index contributed by atoms with van der Waals surface area (Å²) in [6.07, 6.45) is 0. The van der Waals surface area contributed by atoms with E-state index in [2.05, 4.69) is 0 Å². The summed E-state index contributed by atoms with van der Waals surface area (Å²) in [5, 5.41) is 2.76. The minimum absolute atomic E-state index is 0.00756. The Morgan fingerprint density at radius 2 is 1.24 bits per heavy atom. The van der Waals surface area contributed by atoms with Crippen LogP contribution in [0.3, 0.4) is 0 Å². The van der Waals surface area contributed by atoms with Gasteiger partial charge in [0.05, 0.1) is 0 Å². The topological polar surface area (TPSA) is 34.1 Å². The van der Waals surface area contributed by atoms with Crippen LogP contribution in [0.5, 0.6) is 0 Å². The molecule has 0 aliphatic carbocycles. The Hall–Kier alpha value is -3.04. The molecule has 0 N–H and O–H groups in total. The van der Waals surface area contributed by atoms with Crippen molar-refractivity contribution in [1.29, 1.82) is 0 Å². The summed E-state index contributed by atoms with van der Waals surface area (Å²) in [4.78, 5) is 25.3. The first-order valence-electron chi connectivity index (χ1n) is 7.95. The van der Waals surface area contributed by atoms with E-state index in [-0.39, 0.29) is 11.6 Å². The molecular weight excluding hydrogens is 328 g/mol. The first-order chi connectivity index (χ1) is 12.2. The molecule has 4 rings (SSSR count). The summed E-state index contributed by atoms with van der Waals surface area (Å²) >= 11 is 1.49.